The van der Waals surface area contributed by atoms with E-state index in [4.69, 9.17) is 21.4 Å². The second-order valence-corrected chi connectivity index (χ2v) is 7.60. The van der Waals surface area contributed by atoms with Crippen LogP contribution in [0.15, 0.2) is 12.3 Å². The average Bonchev–Trinajstić information content (AvgIpc) is 2.53. The molecule has 1 aliphatic heterocycles. The van der Waals surface area contributed by atoms with E-state index in [1.54, 1.807) is 16.7 Å². The van der Waals surface area contributed by atoms with Crippen LogP contribution in [0.25, 0.3) is 0 Å². The van der Waals surface area contributed by atoms with Gasteiger partial charge in [-0.05, 0) is 12.0 Å². The molecule has 1 fully saturated rings. The van der Waals surface area contributed by atoms with E-state index in [0.29, 0.717) is 36.3 Å². The average molecular weight is 373 g/mol. The van der Waals surface area contributed by atoms with Gasteiger partial charge in [0.05, 0.1) is 24.6 Å². The van der Waals surface area contributed by atoms with Gasteiger partial charge in [-0.2, -0.15) is 11.8 Å². The number of aromatic nitrogens is 1. The Morgan fingerprint density at radius 2 is 2.29 bits per heavy atom. The van der Waals surface area contributed by atoms with Crippen LogP contribution in [0, 0.1) is 5.92 Å². The van der Waals surface area contributed by atoms with E-state index in [1.165, 1.54) is 12.3 Å². The number of carboxylic acid groups (broad SMARTS) is 1. The van der Waals surface area contributed by atoms with Gasteiger partial charge in [0.2, 0.25) is 5.88 Å². The molecule has 0 aliphatic carbocycles. The molecule has 2 heterocycles. The van der Waals surface area contributed by atoms with Crippen molar-refractivity contribution in [3.63, 3.8) is 0 Å². The van der Waals surface area contributed by atoms with Gasteiger partial charge in [0.15, 0.2) is 0 Å². The topological polar surface area (TPSA) is 79.7 Å². The monoisotopic (exact) mass is 372 g/mol. The zero-order valence-electron chi connectivity index (χ0n) is 13.7. The molecule has 1 saturated heterocycles. The fraction of sp³-hybridized carbons (Fsp3) is 0.562. The molecule has 1 N–H and O–H groups in total. The number of carbonyl (C=O) groups is 2. The van der Waals surface area contributed by atoms with Crippen LogP contribution < -0.4 is 4.74 Å². The minimum atomic E-state index is -0.908. The van der Waals surface area contributed by atoms with E-state index < -0.39 is 5.97 Å². The van der Waals surface area contributed by atoms with Crippen molar-refractivity contribution in [3.05, 3.63) is 22.8 Å². The van der Waals surface area contributed by atoms with Gasteiger partial charge in [-0.3, -0.25) is 9.59 Å². The lowest BCUT2D eigenvalue weighted by Crippen LogP contribution is -2.47. The zero-order chi connectivity index (χ0) is 17.7. The number of amides is 1. The highest BCUT2D eigenvalue weighted by Gasteiger charge is 2.30. The summed E-state index contributed by atoms with van der Waals surface area (Å²) in [6, 6.07) is 1.22. The van der Waals surface area contributed by atoms with Crippen molar-refractivity contribution in [2.75, 3.05) is 24.7 Å². The molecule has 1 amide bonds. The number of pyridine rings is 1. The van der Waals surface area contributed by atoms with Crippen LogP contribution in [0.3, 0.4) is 0 Å². The van der Waals surface area contributed by atoms with Crippen LogP contribution in [-0.4, -0.2) is 57.6 Å². The smallest absolute Gasteiger partial charge is 0.305 e. The Kier molecular flexibility index (Phi) is 6.74. The third-order valence-corrected chi connectivity index (χ3v) is 4.87. The highest BCUT2D eigenvalue weighted by Crippen LogP contribution is 2.26. The van der Waals surface area contributed by atoms with Gasteiger partial charge in [-0.1, -0.05) is 25.4 Å². The number of carboxylic acids is 1. The molecule has 0 spiro atoms. The molecule has 0 radical (unpaired) electrons. The third-order valence-electron chi connectivity index (χ3n) is 3.51. The van der Waals surface area contributed by atoms with Crippen LogP contribution >= 0.6 is 23.4 Å². The standard InChI is InChI=1S/C16H21ClN2O4S/c1-10(2)8-23-15-13(17)5-11(7-18-15)16(22)19-3-4-24-9-12(19)6-14(20)21/h5,7,10,12H,3-4,6,8-9H2,1-2H3,(H,20,21). The number of halogens is 1. The van der Waals surface area contributed by atoms with Crippen LogP contribution in [0.4, 0.5) is 0 Å². The van der Waals surface area contributed by atoms with E-state index >= 15 is 0 Å². The van der Waals surface area contributed by atoms with E-state index in [0.717, 1.165) is 5.75 Å². The van der Waals surface area contributed by atoms with E-state index in [1.807, 2.05) is 13.8 Å². The van der Waals surface area contributed by atoms with Gasteiger partial charge in [0.1, 0.15) is 5.02 Å². The molecule has 1 aromatic heterocycles. The summed E-state index contributed by atoms with van der Waals surface area (Å²) in [6.45, 7) is 5.04. The van der Waals surface area contributed by atoms with Crippen LogP contribution in [0.1, 0.15) is 30.6 Å². The molecule has 0 saturated carbocycles. The lowest BCUT2D eigenvalue weighted by Gasteiger charge is -2.34. The van der Waals surface area contributed by atoms with Crippen molar-refractivity contribution in [3.8, 4) is 5.88 Å². The summed E-state index contributed by atoms with van der Waals surface area (Å²) in [5.41, 5.74) is 0.346. The number of nitrogens with zero attached hydrogens (tertiary/aromatic N) is 2. The van der Waals surface area contributed by atoms with E-state index in [2.05, 4.69) is 4.98 Å². The molecule has 2 rings (SSSR count). The first-order chi connectivity index (χ1) is 11.4. The largest absolute Gasteiger partial charge is 0.481 e. The predicted molar refractivity (Wildman–Crippen MR) is 94.0 cm³/mol. The fourth-order valence-electron chi connectivity index (χ4n) is 2.35. The summed E-state index contributed by atoms with van der Waals surface area (Å²) in [5, 5.41) is 9.30. The molecule has 0 aromatic carbocycles. The Hall–Kier alpha value is -1.47. The normalized spacial score (nSPS) is 17.8. The number of hydrogen-bond acceptors (Lipinski definition) is 5. The number of hydrogen-bond donors (Lipinski definition) is 1. The van der Waals surface area contributed by atoms with Crippen molar-refractivity contribution in [1.82, 2.24) is 9.88 Å². The minimum Gasteiger partial charge on any atom is -0.481 e. The second-order valence-electron chi connectivity index (χ2n) is 6.04. The summed E-state index contributed by atoms with van der Waals surface area (Å²) >= 11 is 7.82. The first-order valence-electron chi connectivity index (χ1n) is 7.77. The molecule has 1 unspecified atom stereocenters. The Labute approximate surface area is 150 Å². The maximum absolute atomic E-state index is 12.7. The predicted octanol–water partition coefficient (Wildman–Crippen LogP) is 2.80. The molecular formula is C16H21ClN2O4S. The lowest BCUT2D eigenvalue weighted by molar-refractivity contribution is -0.138. The number of ether oxygens (including phenoxy) is 1. The maximum Gasteiger partial charge on any atom is 0.305 e. The maximum atomic E-state index is 12.7. The molecular weight excluding hydrogens is 352 g/mol. The molecule has 24 heavy (non-hydrogen) atoms. The van der Waals surface area contributed by atoms with Crippen molar-refractivity contribution in [1.29, 1.82) is 0 Å². The van der Waals surface area contributed by atoms with Gasteiger partial charge in [0, 0.05) is 24.2 Å². The first-order valence-corrected chi connectivity index (χ1v) is 9.30. The minimum absolute atomic E-state index is 0.0600. The quantitative estimate of drug-likeness (QED) is 0.827. The molecule has 1 aliphatic rings. The second kappa shape index (κ2) is 8.58. The summed E-state index contributed by atoms with van der Waals surface area (Å²) in [4.78, 5) is 29.4. The molecule has 1 atom stereocenters. The number of carbonyl (C=O) groups excluding carboxylic acids is 1. The van der Waals surface area contributed by atoms with E-state index in [9.17, 15) is 9.59 Å². The van der Waals surface area contributed by atoms with Crippen molar-refractivity contribution in [2.45, 2.75) is 26.3 Å². The summed E-state index contributed by atoms with van der Waals surface area (Å²) < 4.78 is 5.50. The van der Waals surface area contributed by atoms with Crippen molar-refractivity contribution in [2.24, 2.45) is 5.92 Å². The third kappa shape index (κ3) is 5.01. The van der Waals surface area contributed by atoms with Gasteiger partial charge in [0.25, 0.3) is 5.91 Å². The Balaban J connectivity index is 2.13. The van der Waals surface area contributed by atoms with Gasteiger partial charge < -0.3 is 14.7 Å². The molecule has 6 nitrogen and oxygen atoms in total. The highest BCUT2D eigenvalue weighted by molar-refractivity contribution is 7.99. The number of aliphatic carboxylic acids is 1. The molecule has 132 valence electrons. The number of rotatable bonds is 6. The summed E-state index contributed by atoms with van der Waals surface area (Å²) in [6.07, 6.45) is 1.37. The van der Waals surface area contributed by atoms with Gasteiger partial charge in [-0.15, -0.1) is 0 Å². The van der Waals surface area contributed by atoms with Crippen molar-refractivity contribution >= 4 is 35.2 Å². The number of thioether (sulfide) groups is 1. The van der Waals surface area contributed by atoms with Crippen LogP contribution in [0.5, 0.6) is 5.88 Å². The van der Waals surface area contributed by atoms with Gasteiger partial charge >= 0.3 is 5.97 Å². The summed E-state index contributed by atoms with van der Waals surface area (Å²) in [5.74, 6) is 0.901. The first kappa shape index (κ1) is 18.9. The Morgan fingerprint density at radius 1 is 1.54 bits per heavy atom. The highest BCUT2D eigenvalue weighted by atomic mass is 35.5. The zero-order valence-corrected chi connectivity index (χ0v) is 15.3. The molecule has 1 aromatic rings. The van der Waals surface area contributed by atoms with Crippen LogP contribution in [-0.2, 0) is 4.79 Å². The fourth-order valence-corrected chi connectivity index (χ4v) is 3.64. The molecule has 0 bridgehead atoms. The Morgan fingerprint density at radius 3 is 2.92 bits per heavy atom. The Bertz CT molecular complexity index is 612. The lowest BCUT2D eigenvalue weighted by atomic mass is 10.1. The SMILES string of the molecule is CC(C)COc1ncc(C(=O)N2CCSCC2CC(=O)O)cc1Cl. The van der Waals surface area contributed by atoms with E-state index in [-0.39, 0.29) is 23.4 Å². The summed E-state index contributed by atoms with van der Waals surface area (Å²) in [7, 11) is 0. The molecule has 8 heteroatoms. The van der Waals surface area contributed by atoms with Gasteiger partial charge in [-0.25, -0.2) is 4.98 Å². The van der Waals surface area contributed by atoms with Crippen LogP contribution in [0.2, 0.25) is 5.02 Å². The van der Waals surface area contributed by atoms with Crippen molar-refractivity contribution < 1.29 is 19.4 Å².